The Kier molecular flexibility index (Phi) is 5.58. The molecule has 0 saturated carbocycles. The van der Waals surface area contributed by atoms with Crippen molar-refractivity contribution in [3.05, 3.63) is 35.4 Å². The van der Waals surface area contributed by atoms with Gasteiger partial charge in [0.1, 0.15) is 0 Å². The smallest absolute Gasteiger partial charge is 0.184 e. The minimum Gasteiger partial charge on any atom is -0.352 e. The molecule has 1 aromatic carbocycles. The van der Waals surface area contributed by atoms with Gasteiger partial charge >= 0.3 is 0 Å². The van der Waals surface area contributed by atoms with Crippen molar-refractivity contribution in [2.24, 2.45) is 0 Å². The fourth-order valence-electron chi connectivity index (χ4n) is 1.39. The first-order valence-electron chi connectivity index (χ1n) is 5.11. The molecule has 0 aromatic heterocycles. The molecule has 0 aliphatic heterocycles. The standard InChI is InChI=1S/C13H17NO2/c1-14-10-6-8-11-7-4-5-9-12(11)13(15-2)16-3/h4-5,7,9,13-14H,10H2,1-3H3. The van der Waals surface area contributed by atoms with Gasteiger partial charge in [0.15, 0.2) is 6.29 Å². The molecule has 0 spiro atoms. The van der Waals surface area contributed by atoms with Gasteiger partial charge in [-0.3, -0.25) is 0 Å². The second-order valence-corrected chi connectivity index (χ2v) is 3.22. The van der Waals surface area contributed by atoms with Gasteiger partial charge in [-0.25, -0.2) is 0 Å². The van der Waals surface area contributed by atoms with E-state index in [9.17, 15) is 0 Å². The number of benzene rings is 1. The number of methoxy groups -OCH3 is 2. The number of hydrogen-bond donors (Lipinski definition) is 1. The van der Waals surface area contributed by atoms with E-state index in [4.69, 9.17) is 9.47 Å². The van der Waals surface area contributed by atoms with Crippen molar-refractivity contribution < 1.29 is 9.47 Å². The van der Waals surface area contributed by atoms with E-state index >= 15 is 0 Å². The quantitative estimate of drug-likeness (QED) is 0.615. The predicted molar refractivity (Wildman–Crippen MR) is 64.0 cm³/mol. The minimum absolute atomic E-state index is 0.361. The molecule has 3 nitrogen and oxygen atoms in total. The van der Waals surface area contributed by atoms with E-state index in [0.29, 0.717) is 6.54 Å². The van der Waals surface area contributed by atoms with Crippen molar-refractivity contribution in [2.45, 2.75) is 6.29 Å². The summed E-state index contributed by atoms with van der Waals surface area (Å²) in [5.41, 5.74) is 1.89. The summed E-state index contributed by atoms with van der Waals surface area (Å²) in [6.07, 6.45) is -0.361. The Bertz CT molecular complexity index is 375. The van der Waals surface area contributed by atoms with Crippen molar-refractivity contribution in [3.63, 3.8) is 0 Å². The van der Waals surface area contributed by atoms with E-state index in [1.807, 2.05) is 31.3 Å². The Labute approximate surface area is 96.8 Å². The zero-order valence-electron chi connectivity index (χ0n) is 9.91. The first kappa shape index (κ1) is 12.7. The Morgan fingerprint density at radius 2 is 1.94 bits per heavy atom. The third-order valence-electron chi connectivity index (χ3n) is 2.13. The molecule has 0 bridgehead atoms. The Morgan fingerprint density at radius 1 is 1.25 bits per heavy atom. The summed E-state index contributed by atoms with van der Waals surface area (Å²) < 4.78 is 10.5. The van der Waals surface area contributed by atoms with Crippen LogP contribution >= 0.6 is 0 Å². The molecule has 0 fully saturated rings. The van der Waals surface area contributed by atoms with Gasteiger partial charge in [0.2, 0.25) is 0 Å². The Hall–Kier alpha value is -1.34. The van der Waals surface area contributed by atoms with Gasteiger partial charge in [0.25, 0.3) is 0 Å². The molecule has 1 N–H and O–H groups in total. The van der Waals surface area contributed by atoms with Crippen LogP contribution in [0.3, 0.4) is 0 Å². The highest BCUT2D eigenvalue weighted by atomic mass is 16.7. The third-order valence-corrected chi connectivity index (χ3v) is 2.13. The largest absolute Gasteiger partial charge is 0.352 e. The molecule has 86 valence electrons. The zero-order valence-corrected chi connectivity index (χ0v) is 9.91. The molecule has 0 unspecified atom stereocenters. The molecule has 0 amide bonds. The van der Waals surface area contributed by atoms with Crippen LogP contribution in [0.5, 0.6) is 0 Å². The summed E-state index contributed by atoms with van der Waals surface area (Å²) in [5.74, 6) is 6.11. The molecule has 0 radical (unpaired) electrons. The number of nitrogens with one attached hydrogen (secondary N) is 1. The lowest BCUT2D eigenvalue weighted by Gasteiger charge is -2.15. The molecule has 1 aromatic rings. The van der Waals surface area contributed by atoms with Gasteiger partial charge in [-0.1, -0.05) is 30.0 Å². The highest BCUT2D eigenvalue weighted by molar-refractivity contribution is 5.42. The molecule has 0 heterocycles. The maximum Gasteiger partial charge on any atom is 0.184 e. The van der Waals surface area contributed by atoms with Gasteiger partial charge in [-0.2, -0.15) is 0 Å². The van der Waals surface area contributed by atoms with Crippen LogP contribution in [0.1, 0.15) is 17.4 Å². The molecule has 0 aliphatic rings. The molecular weight excluding hydrogens is 202 g/mol. The molecule has 16 heavy (non-hydrogen) atoms. The Morgan fingerprint density at radius 3 is 2.56 bits per heavy atom. The fraction of sp³-hybridized carbons (Fsp3) is 0.385. The van der Waals surface area contributed by atoms with Crippen molar-refractivity contribution in [2.75, 3.05) is 27.8 Å². The fourth-order valence-corrected chi connectivity index (χ4v) is 1.39. The van der Waals surface area contributed by atoms with E-state index in [1.54, 1.807) is 14.2 Å². The second-order valence-electron chi connectivity index (χ2n) is 3.22. The van der Waals surface area contributed by atoms with Gasteiger partial charge in [0, 0.05) is 25.3 Å². The van der Waals surface area contributed by atoms with Crippen LogP contribution < -0.4 is 5.32 Å². The van der Waals surface area contributed by atoms with Crippen LogP contribution in [-0.4, -0.2) is 27.8 Å². The summed E-state index contributed by atoms with van der Waals surface area (Å²) in [6, 6.07) is 7.82. The van der Waals surface area contributed by atoms with E-state index in [1.165, 1.54) is 0 Å². The number of ether oxygens (including phenoxy) is 2. The number of hydrogen-bond acceptors (Lipinski definition) is 3. The van der Waals surface area contributed by atoms with E-state index in [2.05, 4.69) is 17.2 Å². The lowest BCUT2D eigenvalue weighted by atomic mass is 10.1. The third kappa shape index (κ3) is 3.35. The molecule has 1 rings (SSSR count). The summed E-state index contributed by atoms with van der Waals surface area (Å²) in [7, 11) is 5.10. The normalized spacial score (nSPS) is 10.0. The maximum absolute atomic E-state index is 5.23. The average molecular weight is 219 g/mol. The summed E-state index contributed by atoms with van der Waals surface area (Å²) >= 11 is 0. The predicted octanol–water partition coefficient (Wildman–Crippen LogP) is 1.55. The highest BCUT2D eigenvalue weighted by Crippen LogP contribution is 2.20. The first-order valence-corrected chi connectivity index (χ1v) is 5.11. The number of rotatable bonds is 4. The van der Waals surface area contributed by atoms with E-state index in [-0.39, 0.29) is 6.29 Å². The van der Waals surface area contributed by atoms with E-state index < -0.39 is 0 Å². The second kappa shape index (κ2) is 7.02. The lowest BCUT2D eigenvalue weighted by Crippen LogP contribution is -2.07. The van der Waals surface area contributed by atoms with Crippen LogP contribution in [0.15, 0.2) is 24.3 Å². The van der Waals surface area contributed by atoms with Gasteiger partial charge < -0.3 is 14.8 Å². The van der Waals surface area contributed by atoms with Crippen LogP contribution in [0.4, 0.5) is 0 Å². The summed E-state index contributed by atoms with van der Waals surface area (Å²) in [6.45, 7) is 0.666. The molecule has 3 heteroatoms. The van der Waals surface area contributed by atoms with Crippen molar-refractivity contribution >= 4 is 0 Å². The minimum atomic E-state index is -0.361. The topological polar surface area (TPSA) is 30.5 Å². The molecule has 0 atom stereocenters. The van der Waals surface area contributed by atoms with Crippen LogP contribution in [0.25, 0.3) is 0 Å². The maximum atomic E-state index is 5.23. The van der Waals surface area contributed by atoms with Crippen molar-refractivity contribution in [1.29, 1.82) is 0 Å². The zero-order chi connectivity index (χ0) is 11.8. The molecule has 0 aliphatic carbocycles. The van der Waals surface area contributed by atoms with Crippen LogP contribution in [0, 0.1) is 11.8 Å². The van der Waals surface area contributed by atoms with Gasteiger partial charge in [0.05, 0.1) is 6.54 Å². The van der Waals surface area contributed by atoms with Crippen LogP contribution in [-0.2, 0) is 9.47 Å². The average Bonchev–Trinajstić information content (AvgIpc) is 2.33. The highest BCUT2D eigenvalue weighted by Gasteiger charge is 2.11. The lowest BCUT2D eigenvalue weighted by molar-refractivity contribution is -0.106. The first-order chi connectivity index (χ1) is 7.83. The summed E-state index contributed by atoms with van der Waals surface area (Å²) in [4.78, 5) is 0. The van der Waals surface area contributed by atoms with Crippen LogP contribution in [0.2, 0.25) is 0 Å². The summed E-state index contributed by atoms with van der Waals surface area (Å²) in [5, 5.41) is 2.98. The molecular formula is C13H17NO2. The monoisotopic (exact) mass is 219 g/mol. The van der Waals surface area contributed by atoms with Crippen molar-refractivity contribution in [1.82, 2.24) is 5.32 Å². The van der Waals surface area contributed by atoms with Gasteiger partial charge in [-0.15, -0.1) is 0 Å². The van der Waals surface area contributed by atoms with E-state index in [0.717, 1.165) is 11.1 Å². The van der Waals surface area contributed by atoms with Gasteiger partial charge in [-0.05, 0) is 13.1 Å². The van der Waals surface area contributed by atoms with Crippen molar-refractivity contribution in [3.8, 4) is 11.8 Å². The molecule has 0 saturated heterocycles. The Balaban J connectivity index is 2.96. The SMILES string of the molecule is CNCC#Cc1ccccc1C(OC)OC.